The van der Waals surface area contributed by atoms with Crippen LogP contribution in [0.3, 0.4) is 0 Å². The van der Waals surface area contributed by atoms with Gasteiger partial charge in [0.25, 0.3) is 0 Å². The molecule has 0 aliphatic heterocycles. The minimum Gasteiger partial charge on any atom is -0.468 e. The van der Waals surface area contributed by atoms with Crippen molar-refractivity contribution in [2.45, 2.75) is 31.1 Å². The lowest BCUT2D eigenvalue weighted by Gasteiger charge is -2.30. The number of esters is 1. The molecule has 1 aliphatic rings. The number of rotatable bonds is 7. The lowest BCUT2D eigenvalue weighted by molar-refractivity contribution is -0.147. The van der Waals surface area contributed by atoms with Gasteiger partial charge in [0.1, 0.15) is 5.41 Å². The maximum absolute atomic E-state index is 12.7. The summed E-state index contributed by atoms with van der Waals surface area (Å²) in [4.78, 5) is 25.3. The summed E-state index contributed by atoms with van der Waals surface area (Å²) in [5.74, 6) is -0.101. The summed E-state index contributed by atoms with van der Waals surface area (Å²) in [5, 5.41) is 3.01. The van der Waals surface area contributed by atoms with Crippen molar-refractivity contribution in [1.82, 2.24) is 5.32 Å². The summed E-state index contributed by atoms with van der Waals surface area (Å²) < 4.78 is 6.11. The van der Waals surface area contributed by atoms with Crippen molar-refractivity contribution < 1.29 is 14.3 Å². The molecule has 4 nitrogen and oxygen atoms in total. The number of benzene rings is 2. The van der Waals surface area contributed by atoms with Crippen LogP contribution in [0.5, 0.6) is 0 Å². The predicted octanol–water partition coefficient (Wildman–Crippen LogP) is 4.19. The van der Waals surface area contributed by atoms with E-state index in [0.29, 0.717) is 6.42 Å². The van der Waals surface area contributed by atoms with Crippen LogP contribution in [0.15, 0.2) is 59.1 Å². The van der Waals surface area contributed by atoms with Gasteiger partial charge in [-0.1, -0.05) is 65.3 Å². The maximum atomic E-state index is 12.7. The molecule has 1 aliphatic carbocycles. The summed E-state index contributed by atoms with van der Waals surface area (Å²) in [6, 6.07) is 17.6. The average molecular weight is 430 g/mol. The number of halogens is 1. The molecular weight excluding hydrogens is 406 g/mol. The van der Waals surface area contributed by atoms with E-state index in [1.165, 1.54) is 12.7 Å². The molecule has 142 valence electrons. The minimum atomic E-state index is -0.867. The van der Waals surface area contributed by atoms with E-state index < -0.39 is 5.41 Å². The molecule has 27 heavy (non-hydrogen) atoms. The Labute approximate surface area is 168 Å². The third-order valence-electron chi connectivity index (χ3n) is 5.50. The van der Waals surface area contributed by atoms with Gasteiger partial charge in [-0.25, -0.2) is 0 Å². The number of carbonyl (C=O) groups is 2. The fourth-order valence-corrected chi connectivity index (χ4v) is 3.91. The number of nitrogens with one attached hydrogen (secondary N) is 1. The Morgan fingerprint density at radius 3 is 2.41 bits per heavy atom. The number of hydrogen-bond acceptors (Lipinski definition) is 3. The van der Waals surface area contributed by atoms with Crippen LogP contribution in [-0.2, 0) is 19.7 Å². The number of carbonyl (C=O) groups excluding carboxylic acids is 2. The number of amides is 1. The van der Waals surface area contributed by atoms with Crippen LogP contribution in [0.25, 0.3) is 0 Å². The lowest BCUT2D eigenvalue weighted by atomic mass is 9.78. The molecule has 1 saturated carbocycles. The molecule has 2 aromatic rings. The topological polar surface area (TPSA) is 55.4 Å². The van der Waals surface area contributed by atoms with Crippen molar-refractivity contribution in [3.8, 4) is 0 Å². The molecule has 0 radical (unpaired) electrons. The fourth-order valence-electron chi connectivity index (χ4n) is 3.65. The van der Waals surface area contributed by atoms with Gasteiger partial charge in [-0.15, -0.1) is 0 Å². The largest absolute Gasteiger partial charge is 0.468 e. The second-order valence-electron chi connectivity index (χ2n) is 7.01. The average Bonchev–Trinajstić information content (AvgIpc) is 3.50. The number of methoxy groups -OCH3 is 1. The van der Waals surface area contributed by atoms with Gasteiger partial charge >= 0.3 is 5.97 Å². The first-order valence-electron chi connectivity index (χ1n) is 9.19. The first kappa shape index (κ1) is 19.6. The van der Waals surface area contributed by atoms with E-state index in [4.69, 9.17) is 4.74 Å². The van der Waals surface area contributed by atoms with E-state index in [1.54, 1.807) is 0 Å². The van der Waals surface area contributed by atoms with Crippen LogP contribution in [-0.4, -0.2) is 25.5 Å². The minimum absolute atomic E-state index is 0.000535. The summed E-state index contributed by atoms with van der Waals surface area (Å²) in [7, 11) is 1.39. The van der Waals surface area contributed by atoms with Gasteiger partial charge in [0.05, 0.1) is 7.11 Å². The highest BCUT2D eigenvalue weighted by atomic mass is 79.9. The molecule has 0 bridgehead atoms. The Morgan fingerprint density at radius 2 is 1.81 bits per heavy atom. The molecule has 1 unspecified atom stereocenters. The molecule has 1 amide bonds. The molecule has 5 heteroatoms. The fraction of sp³-hybridized carbons (Fsp3) is 0.364. The van der Waals surface area contributed by atoms with Crippen LogP contribution in [0.4, 0.5) is 0 Å². The highest BCUT2D eigenvalue weighted by Crippen LogP contribution is 2.47. The SMILES string of the molecule is CCC(CNC(=O)[C@@H]1C[C@H]1c1ccc(Br)cc1)(C(=O)OC)c1ccccc1. The Bertz CT molecular complexity index is 806. The highest BCUT2D eigenvalue weighted by molar-refractivity contribution is 9.10. The normalized spacial score (nSPS) is 20.4. The van der Waals surface area contributed by atoms with Crippen LogP contribution in [0, 0.1) is 5.92 Å². The van der Waals surface area contributed by atoms with E-state index >= 15 is 0 Å². The van der Waals surface area contributed by atoms with Crippen LogP contribution < -0.4 is 5.32 Å². The molecule has 3 rings (SSSR count). The van der Waals surface area contributed by atoms with Gasteiger partial charge < -0.3 is 10.1 Å². The summed E-state index contributed by atoms with van der Waals surface area (Å²) in [6.07, 6.45) is 1.39. The molecule has 0 aromatic heterocycles. The zero-order chi connectivity index (χ0) is 19.4. The first-order valence-corrected chi connectivity index (χ1v) is 9.98. The standard InChI is InChI=1S/C22H24BrNO3/c1-3-22(21(26)27-2,16-7-5-4-6-8-16)14-24-20(25)19-13-18(19)15-9-11-17(23)12-10-15/h4-12,18-19H,3,13-14H2,1-2H3,(H,24,25)/t18-,19+,22?/m0/s1. The Morgan fingerprint density at radius 1 is 1.15 bits per heavy atom. The summed E-state index contributed by atoms with van der Waals surface area (Å²) in [5.41, 5.74) is 1.17. The maximum Gasteiger partial charge on any atom is 0.318 e. The summed E-state index contributed by atoms with van der Waals surface area (Å²) in [6.45, 7) is 2.18. The van der Waals surface area contributed by atoms with Gasteiger partial charge in [0, 0.05) is 16.9 Å². The Hall–Kier alpha value is -2.14. The lowest BCUT2D eigenvalue weighted by Crippen LogP contribution is -2.47. The van der Waals surface area contributed by atoms with Crippen molar-refractivity contribution in [1.29, 1.82) is 0 Å². The summed E-state index contributed by atoms with van der Waals surface area (Å²) >= 11 is 3.43. The molecule has 1 N–H and O–H groups in total. The van der Waals surface area contributed by atoms with E-state index in [2.05, 4.69) is 33.4 Å². The Kier molecular flexibility index (Phi) is 6.00. The molecule has 1 fully saturated rings. The highest BCUT2D eigenvalue weighted by Gasteiger charge is 2.46. The van der Waals surface area contributed by atoms with Crippen molar-refractivity contribution in [3.05, 3.63) is 70.2 Å². The van der Waals surface area contributed by atoms with E-state index in [-0.39, 0.29) is 30.3 Å². The molecule has 0 saturated heterocycles. The van der Waals surface area contributed by atoms with Gasteiger partial charge in [-0.3, -0.25) is 9.59 Å². The molecular formula is C22H24BrNO3. The molecule has 3 atom stereocenters. The molecule has 2 aromatic carbocycles. The quantitative estimate of drug-likeness (QED) is 0.671. The number of ether oxygens (including phenoxy) is 1. The first-order chi connectivity index (χ1) is 13.0. The molecule has 0 spiro atoms. The van der Waals surface area contributed by atoms with E-state index in [1.807, 2.05) is 49.4 Å². The monoisotopic (exact) mass is 429 g/mol. The third kappa shape index (κ3) is 4.08. The van der Waals surface area contributed by atoms with Crippen LogP contribution in [0.1, 0.15) is 36.8 Å². The predicted molar refractivity (Wildman–Crippen MR) is 108 cm³/mol. The van der Waals surface area contributed by atoms with E-state index in [0.717, 1.165) is 16.5 Å². The van der Waals surface area contributed by atoms with Gasteiger partial charge in [-0.2, -0.15) is 0 Å². The van der Waals surface area contributed by atoms with Gasteiger partial charge in [-0.05, 0) is 42.0 Å². The van der Waals surface area contributed by atoms with Crippen molar-refractivity contribution in [2.24, 2.45) is 5.92 Å². The third-order valence-corrected chi connectivity index (χ3v) is 6.02. The van der Waals surface area contributed by atoms with Crippen molar-refractivity contribution in [3.63, 3.8) is 0 Å². The van der Waals surface area contributed by atoms with E-state index in [9.17, 15) is 9.59 Å². The Balaban J connectivity index is 1.70. The number of hydrogen-bond donors (Lipinski definition) is 1. The second kappa shape index (κ2) is 8.26. The smallest absolute Gasteiger partial charge is 0.318 e. The second-order valence-corrected chi connectivity index (χ2v) is 7.93. The zero-order valence-electron chi connectivity index (χ0n) is 15.6. The van der Waals surface area contributed by atoms with Gasteiger partial charge in [0.15, 0.2) is 0 Å². The zero-order valence-corrected chi connectivity index (χ0v) is 17.2. The van der Waals surface area contributed by atoms with Crippen molar-refractivity contribution >= 4 is 27.8 Å². The van der Waals surface area contributed by atoms with Gasteiger partial charge in [0.2, 0.25) is 5.91 Å². The van der Waals surface area contributed by atoms with Crippen LogP contribution >= 0.6 is 15.9 Å². The van der Waals surface area contributed by atoms with Crippen LogP contribution in [0.2, 0.25) is 0 Å². The van der Waals surface area contributed by atoms with Crippen molar-refractivity contribution in [2.75, 3.05) is 13.7 Å². The molecule has 0 heterocycles.